The van der Waals surface area contributed by atoms with Gasteiger partial charge in [-0.3, -0.25) is 9.98 Å². The average Bonchev–Trinajstić information content (AvgIpc) is 2.66. The van der Waals surface area contributed by atoms with Gasteiger partial charge in [0.25, 0.3) is 0 Å². The Balaban J connectivity index is 5.32. The van der Waals surface area contributed by atoms with Crippen molar-refractivity contribution in [2.24, 2.45) is 21.6 Å². The molecule has 0 heterocycles. The van der Waals surface area contributed by atoms with E-state index in [0.717, 1.165) is 22.8 Å². The van der Waals surface area contributed by atoms with E-state index in [4.69, 9.17) is 22.1 Å². The summed E-state index contributed by atoms with van der Waals surface area (Å²) in [6.07, 6.45) is 7.78. The minimum atomic E-state index is -0.0494. The lowest BCUT2D eigenvalue weighted by Gasteiger charge is -2.20. The second-order valence-corrected chi connectivity index (χ2v) is 6.68. The number of ether oxygens (including phenoxy) is 1. The van der Waals surface area contributed by atoms with Crippen LogP contribution >= 0.6 is 11.6 Å². The first-order valence-corrected chi connectivity index (χ1v) is 9.83. The van der Waals surface area contributed by atoms with Crippen molar-refractivity contribution < 1.29 is 4.74 Å². The second-order valence-electron chi connectivity index (χ2n) is 6.41. The summed E-state index contributed by atoms with van der Waals surface area (Å²) in [7, 11) is 1.85. The van der Waals surface area contributed by atoms with Gasteiger partial charge in [0.1, 0.15) is 11.9 Å². The van der Waals surface area contributed by atoms with E-state index < -0.39 is 0 Å². The van der Waals surface area contributed by atoms with Gasteiger partial charge in [-0.1, -0.05) is 19.9 Å². The summed E-state index contributed by atoms with van der Waals surface area (Å²) in [5, 5.41) is 6.34. The Morgan fingerprint density at radius 3 is 2.48 bits per heavy atom. The second kappa shape index (κ2) is 15.3. The zero-order valence-electron chi connectivity index (χ0n) is 17.6. The highest BCUT2D eigenvalue weighted by atomic mass is 35.5. The monoisotopic (exact) mass is 397 g/mol. The van der Waals surface area contributed by atoms with Crippen molar-refractivity contribution in [3.8, 4) is 0 Å². The van der Waals surface area contributed by atoms with Gasteiger partial charge < -0.3 is 21.1 Å². The highest BCUT2D eigenvalue weighted by Gasteiger charge is 2.14. The molecule has 0 spiro atoms. The van der Waals surface area contributed by atoms with Crippen LogP contribution < -0.4 is 16.4 Å². The van der Waals surface area contributed by atoms with Crippen molar-refractivity contribution in [3.63, 3.8) is 0 Å². The molecule has 6 nitrogen and oxygen atoms in total. The molecule has 0 aromatic rings. The van der Waals surface area contributed by atoms with Crippen molar-refractivity contribution in [1.82, 2.24) is 10.6 Å². The van der Waals surface area contributed by atoms with E-state index in [9.17, 15) is 0 Å². The molecular formula is C20H36ClN5O. The van der Waals surface area contributed by atoms with Crippen LogP contribution in [0, 0.1) is 5.92 Å². The third kappa shape index (κ3) is 11.5. The molecule has 1 atom stereocenters. The van der Waals surface area contributed by atoms with Crippen molar-refractivity contribution in [1.29, 1.82) is 0 Å². The number of nitrogens with zero attached hydrogens (tertiary/aromatic N) is 2. The van der Waals surface area contributed by atoms with E-state index in [2.05, 4.69) is 34.5 Å². The van der Waals surface area contributed by atoms with Gasteiger partial charge >= 0.3 is 0 Å². The summed E-state index contributed by atoms with van der Waals surface area (Å²) in [5.41, 5.74) is 8.69. The van der Waals surface area contributed by atoms with Gasteiger partial charge in [0, 0.05) is 24.9 Å². The fourth-order valence-electron chi connectivity index (χ4n) is 2.25. The molecule has 27 heavy (non-hydrogen) atoms. The number of rotatable bonds is 12. The van der Waals surface area contributed by atoms with Gasteiger partial charge in [-0.25, -0.2) is 0 Å². The highest BCUT2D eigenvalue weighted by molar-refractivity contribution is 6.28. The van der Waals surface area contributed by atoms with E-state index in [1.165, 1.54) is 0 Å². The zero-order chi connectivity index (χ0) is 20.7. The van der Waals surface area contributed by atoms with E-state index in [1.807, 2.05) is 40.0 Å². The van der Waals surface area contributed by atoms with Crippen LogP contribution in [0.5, 0.6) is 0 Å². The van der Waals surface area contributed by atoms with Gasteiger partial charge in [-0.2, -0.15) is 0 Å². The minimum Gasteiger partial charge on any atom is -0.494 e. The fourth-order valence-corrected chi connectivity index (χ4v) is 2.34. The lowest BCUT2D eigenvalue weighted by molar-refractivity contribution is 0.183. The summed E-state index contributed by atoms with van der Waals surface area (Å²) in [6, 6.07) is 0. The maximum absolute atomic E-state index is 5.86. The third-order valence-corrected chi connectivity index (χ3v) is 4.08. The molecule has 0 saturated carbocycles. The lowest BCUT2D eigenvalue weighted by Crippen LogP contribution is -2.26. The predicted octanol–water partition coefficient (Wildman–Crippen LogP) is 3.56. The van der Waals surface area contributed by atoms with Crippen LogP contribution in [0.2, 0.25) is 0 Å². The average molecular weight is 398 g/mol. The van der Waals surface area contributed by atoms with Gasteiger partial charge in [-0.15, -0.1) is 11.6 Å². The summed E-state index contributed by atoms with van der Waals surface area (Å²) < 4.78 is 5.72. The lowest BCUT2D eigenvalue weighted by atomic mass is 9.97. The molecule has 0 aliphatic heterocycles. The number of nitrogens with two attached hydrogens (primary N) is 1. The standard InChI is InChI=1S/C20H36ClN5O/c1-7-10-27-17(5)19(15(2)3)11-18(13-22)26-20(25-14-23-6)8-9-24-16(4)12-21/h7,10-11,13,15,17,23H,8-9,12,14,22H2,1-6H3,(H,25,26)/b10-7+,18-13+,19-11-,24-16+. The first kappa shape index (κ1) is 25.2. The molecule has 0 radical (unpaired) electrons. The first-order valence-electron chi connectivity index (χ1n) is 9.30. The predicted molar refractivity (Wildman–Crippen MR) is 118 cm³/mol. The van der Waals surface area contributed by atoms with E-state index in [-0.39, 0.29) is 6.10 Å². The van der Waals surface area contributed by atoms with Gasteiger partial charge in [-0.05, 0) is 45.4 Å². The van der Waals surface area contributed by atoms with E-state index >= 15 is 0 Å². The molecule has 0 aliphatic carbocycles. The Bertz CT molecular complexity index is 565. The van der Waals surface area contributed by atoms with Crippen LogP contribution in [0.1, 0.15) is 41.0 Å². The van der Waals surface area contributed by atoms with E-state index in [1.54, 1.807) is 12.5 Å². The number of alkyl halides is 1. The molecule has 0 saturated heterocycles. The molecule has 0 amide bonds. The van der Waals surface area contributed by atoms with Gasteiger partial charge in [0.15, 0.2) is 0 Å². The molecule has 154 valence electrons. The first-order chi connectivity index (χ1) is 12.9. The number of allylic oxidation sites excluding steroid dienone is 2. The van der Waals surface area contributed by atoms with Gasteiger partial charge in [0.05, 0.1) is 24.5 Å². The van der Waals surface area contributed by atoms with Crippen molar-refractivity contribution in [2.75, 3.05) is 26.1 Å². The molecular weight excluding hydrogens is 362 g/mol. The van der Waals surface area contributed by atoms with Crippen LogP contribution in [0.4, 0.5) is 0 Å². The number of amidine groups is 1. The summed E-state index contributed by atoms with van der Waals surface area (Å²) in [4.78, 5) is 8.95. The Morgan fingerprint density at radius 2 is 1.96 bits per heavy atom. The van der Waals surface area contributed by atoms with Gasteiger partial charge in [0.2, 0.25) is 0 Å². The molecule has 0 rings (SSSR count). The minimum absolute atomic E-state index is 0.0494. The molecule has 0 bridgehead atoms. The van der Waals surface area contributed by atoms with Crippen LogP contribution in [0.25, 0.3) is 0 Å². The molecule has 7 heteroatoms. The Labute approximate surface area is 169 Å². The maximum Gasteiger partial charge on any atom is 0.117 e. The summed E-state index contributed by atoms with van der Waals surface area (Å²) >= 11 is 5.77. The van der Waals surface area contributed by atoms with Crippen LogP contribution in [0.15, 0.2) is 45.9 Å². The number of hydrogen-bond donors (Lipinski definition) is 3. The SMILES string of the molecule is C/C=C/OC(C)/C(=C\C(=C/N)N/C(CC/N=C(\C)CCl)=N/CNC)C(C)C. The van der Waals surface area contributed by atoms with Crippen molar-refractivity contribution in [2.45, 2.75) is 47.1 Å². The molecule has 4 N–H and O–H groups in total. The number of nitrogens with one attached hydrogen (secondary N) is 2. The Morgan fingerprint density at radius 1 is 1.26 bits per heavy atom. The highest BCUT2D eigenvalue weighted by Crippen LogP contribution is 2.19. The third-order valence-electron chi connectivity index (χ3n) is 3.70. The molecule has 0 fully saturated rings. The summed E-state index contributed by atoms with van der Waals surface area (Å²) in [5.74, 6) is 1.57. The van der Waals surface area contributed by atoms with Crippen LogP contribution in [-0.2, 0) is 4.74 Å². The van der Waals surface area contributed by atoms with E-state index in [0.29, 0.717) is 31.4 Å². The van der Waals surface area contributed by atoms with Crippen LogP contribution in [0.3, 0.4) is 0 Å². The molecule has 1 unspecified atom stereocenters. The number of aliphatic imine (C=N–C) groups is 2. The largest absolute Gasteiger partial charge is 0.494 e. The van der Waals surface area contributed by atoms with Crippen molar-refractivity contribution >= 4 is 23.1 Å². The topological polar surface area (TPSA) is 84.0 Å². The maximum atomic E-state index is 5.86. The Hall–Kier alpha value is -1.79. The van der Waals surface area contributed by atoms with Crippen LogP contribution in [-0.4, -0.2) is 43.8 Å². The molecule has 0 aromatic carbocycles. The van der Waals surface area contributed by atoms with Crippen molar-refractivity contribution in [3.05, 3.63) is 35.9 Å². The molecule has 0 aliphatic rings. The Kier molecular flexibility index (Phi) is 14.3. The molecule has 0 aromatic heterocycles. The number of hydrogen-bond acceptors (Lipinski definition) is 5. The quantitative estimate of drug-likeness (QED) is 0.154. The smallest absolute Gasteiger partial charge is 0.117 e. The normalized spacial score (nSPS) is 15.6. The fraction of sp³-hybridized carbons (Fsp3) is 0.600. The summed E-state index contributed by atoms with van der Waals surface area (Å²) in [6.45, 7) is 11.3. The number of halogens is 1. The zero-order valence-corrected chi connectivity index (χ0v) is 18.3.